The molecule has 126 valence electrons. The van der Waals surface area contributed by atoms with Gasteiger partial charge in [0.05, 0.1) is 17.9 Å². The van der Waals surface area contributed by atoms with Crippen molar-refractivity contribution < 1.29 is 14.3 Å². The van der Waals surface area contributed by atoms with Gasteiger partial charge in [0.2, 0.25) is 5.88 Å². The van der Waals surface area contributed by atoms with Gasteiger partial charge < -0.3 is 14.8 Å². The largest absolute Gasteiger partial charge is 0.492 e. The highest BCUT2D eigenvalue weighted by atomic mass is 32.2. The second kappa shape index (κ2) is 8.06. The molecule has 1 saturated heterocycles. The minimum absolute atomic E-state index is 0.222. The van der Waals surface area contributed by atoms with E-state index < -0.39 is 0 Å². The average Bonchev–Trinajstić information content (AvgIpc) is 3.10. The quantitative estimate of drug-likeness (QED) is 0.867. The zero-order chi connectivity index (χ0) is 16.8. The Morgan fingerprint density at radius 2 is 2.21 bits per heavy atom. The number of thioether (sulfide) groups is 1. The van der Waals surface area contributed by atoms with E-state index in [1.165, 1.54) is 6.20 Å². The number of amides is 1. The molecule has 1 aromatic carbocycles. The first-order valence-electron chi connectivity index (χ1n) is 8.00. The van der Waals surface area contributed by atoms with Gasteiger partial charge in [0.1, 0.15) is 11.9 Å². The maximum absolute atomic E-state index is 12.4. The third-order valence-electron chi connectivity index (χ3n) is 3.61. The van der Waals surface area contributed by atoms with Gasteiger partial charge in [-0.1, -0.05) is 12.1 Å². The summed E-state index contributed by atoms with van der Waals surface area (Å²) in [5.74, 6) is 3.12. The summed E-state index contributed by atoms with van der Waals surface area (Å²) >= 11 is 1.89. The second-order valence-electron chi connectivity index (χ2n) is 5.37. The van der Waals surface area contributed by atoms with Crippen molar-refractivity contribution in [1.29, 1.82) is 0 Å². The molecule has 3 rings (SSSR count). The predicted octanol–water partition coefficient (Wildman–Crippen LogP) is 3.62. The van der Waals surface area contributed by atoms with Crippen molar-refractivity contribution in [3.63, 3.8) is 0 Å². The first kappa shape index (κ1) is 16.6. The van der Waals surface area contributed by atoms with Gasteiger partial charge in [-0.3, -0.25) is 4.79 Å². The standard InChI is InChI=1S/C18H20N2O3S/c1-2-22-16-6-4-3-5-15(16)20-18(21)13-7-8-17(19-11-13)23-14-9-10-24-12-14/h3-8,11,14H,2,9-10,12H2,1H3,(H,20,21). The van der Waals surface area contributed by atoms with Crippen LogP contribution in [0.5, 0.6) is 11.6 Å². The molecule has 0 saturated carbocycles. The summed E-state index contributed by atoms with van der Waals surface area (Å²) in [5.41, 5.74) is 1.13. The van der Waals surface area contributed by atoms with Gasteiger partial charge in [-0.25, -0.2) is 4.98 Å². The van der Waals surface area contributed by atoms with Crippen molar-refractivity contribution in [3.8, 4) is 11.6 Å². The molecule has 0 bridgehead atoms. The molecule has 1 N–H and O–H groups in total. The van der Waals surface area contributed by atoms with Crippen LogP contribution in [0.3, 0.4) is 0 Å². The number of carbonyl (C=O) groups excluding carboxylic acids is 1. The summed E-state index contributed by atoms with van der Waals surface area (Å²) in [6.07, 6.45) is 2.80. The number of pyridine rings is 1. The molecular weight excluding hydrogens is 324 g/mol. The molecule has 1 unspecified atom stereocenters. The van der Waals surface area contributed by atoms with E-state index in [0.29, 0.717) is 29.5 Å². The summed E-state index contributed by atoms with van der Waals surface area (Å²) in [4.78, 5) is 16.6. The Morgan fingerprint density at radius 1 is 1.33 bits per heavy atom. The molecule has 24 heavy (non-hydrogen) atoms. The number of hydrogen-bond acceptors (Lipinski definition) is 5. The van der Waals surface area contributed by atoms with Crippen molar-refractivity contribution in [1.82, 2.24) is 4.98 Å². The van der Waals surface area contributed by atoms with Crippen LogP contribution in [0, 0.1) is 0 Å². The molecule has 2 aromatic rings. The number of nitrogens with zero attached hydrogens (tertiary/aromatic N) is 1. The van der Waals surface area contributed by atoms with Gasteiger partial charge >= 0.3 is 0 Å². The summed E-state index contributed by atoms with van der Waals surface area (Å²) in [7, 11) is 0. The van der Waals surface area contributed by atoms with E-state index in [1.807, 2.05) is 43.0 Å². The molecule has 5 nitrogen and oxygen atoms in total. The summed E-state index contributed by atoms with van der Waals surface area (Å²) in [5, 5.41) is 2.86. The first-order valence-corrected chi connectivity index (χ1v) is 9.15. The van der Waals surface area contributed by atoms with Crippen molar-refractivity contribution in [3.05, 3.63) is 48.2 Å². The minimum Gasteiger partial charge on any atom is -0.492 e. The van der Waals surface area contributed by atoms with Gasteiger partial charge in [-0.15, -0.1) is 0 Å². The van der Waals surface area contributed by atoms with E-state index in [-0.39, 0.29) is 12.0 Å². The Bertz CT molecular complexity index is 685. The van der Waals surface area contributed by atoms with Crippen LogP contribution < -0.4 is 14.8 Å². The van der Waals surface area contributed by atoms with Crippen LogP contribution in [0.4, 0.5) is 5.69 Å². The average molecular weight is 344 g/mol. The summed E-state index contributed by atoms with van der Waals surface area (Å²) in [6, 6.07) is 10.8. The lowest BCUT2D eigenvalue weighted by molar-refractivity contribution is 0.102. The van der Waals surface area contributed by atoms with Crippen molar-refractivity contribution in [2.45, 2.75) is 19.4 Å². The van der Waals surface area contributed by atoms with Gasteiger partial charge in [-0.05, 0) is 37.3 Å². The number of ether oxygens (including phenoxy) is 2. The van der Waals surface area contributed by atoms with Gasteiger partial charge in [0.15, 0.2) is 0 Å². The lowest BCUT2D eigenvalue weighted by atomic mass is 10.2. The Morgan fingerprint density at radius 3 is 2.92 bits per heavy atom. The van der Waals surface area contributed by atoms with E-state index in [9.17, 15) is 4.79 Å². The minimum atomic E-state index is -0.224. The maximum atomic E-state index is 12.4. The Balaban J connectivity index is 1.64. The molecule has 0 spiro atoms. The molecule has 1 aliphatic rings. The fourth-order valence-electron chi connectivity index (χ4n) is 2.41. The molecule has 6 heteroatoms. The van der Waals surface area contributed by atoms with Crippen LogP contribution in [-0.2, 0) is 0 Å². The second-order valence-corrected chi connectivity index (χ2v) is 6.52. The molecule has 1 aromatic heterocycles. The van der Waals surface area contributed by atoms with Crippen molar-refractivity contribution >= 4 is 23.4 Å². The Labute approximate surface area is 145 Å². The third-order valence-corrected chi connectivity index (χ3v) is 4.74. The van der Waals surface area contributed by atoms with E-state index in [0.717, 1.165) is 17.9 Å². The monoisotopic (exact) mass is 344 g/mol. The number of aromatic nitrogens is 1. The summed E-state index contributed by atoms with van der Waals surface area (Å²) in [6.45, 7) is 2.45. The van der Waals surface area contributed by atoms with E-state index in [1.54, 1.807) is 12.1 Å². The highest BCUT2D eigenvalue weighted by Crippen LogP contribution is 2.25. The predicted molar refractivity (Wildman–Crippen MR) is 96.2 cm³/mol. The molecule has 1 aliphatic heterocycles. The molecular formula is C18H20N2O3S. The van der Waals surface area contributed by atoms with Crippen LogP contribution in [0.15, 0.2) is 42.6 Å². The molecule has 2 heterocycles. The first-order chi connectivity index (χ1) is 11.8. The number of hydrogen-bond donors (Lipinski definition) is 1. The van der Waals surface area contributed by atoms with E-state index in [4.69, 9.17) is 9.47 Å². The van der Waals surface area contributed by atoms with Crippen LogP contribution in [-0.4, -0.2) is 35.1 Å². The maximum Gasteiger partial charge on any atom is 0.257 e. The van der Waals surface area contributed by atoms with Crippen LogP contribution in [0.2, 0.25) is 0 Å². The van der Waals surface area contributed by atoms with Crippen molar-refractivity contribution in [2.24, 2.45) is 0 Å². The van der Waals surface area contributed by atoms with Gasteiger partial charge in [0.25, 0.3) is 5.91 Å². The zero-order valence-electron chi connectivity index (χ0n) is 13.5. The molecule has 0 radical (unpaired) electrons. The normalized spacial score (nSPS) is 16.6. The lowest BCUT2D eigenvalue weighted by Gasteiger charge is -2.12. The van der Waals surface area contributed by atoms with E-state index in [2.05, 4.69) is 10.3 Å². The Hall–Kier alpha value is -2.21. The number of carbonyl (C=O) groups is 1. The Kier molecular flexibility index (Phi) is 5.59. The zero-order valence-corrected chi connectivity index (χ0v) is 14.3. The van der Waals surface area contributed by atoms with Crippen LogP contribution >= 0.6 is 11.8 Å². The topological polar surface area (TPSA) is 60.5 Å². The van der Waals surface area contributed by atoms with Crippen LogP contribution in [0.1, 0.15) is 23.7 Å². The number of para-hydroxylation sites is 2. The smallest absolute Gasteiger partial charge is 0.257 e. The molecule has 0 aliphatic carbocycles. The van der Waals surface area contributed by atoms with Crippen molar-refractivity contribution in [2.75, 3.05) is 23.4 Å². The fourth-order valence-corrected chi connectivity index (χ4v) is 3.50. The molecule has 1 fully saturated rings. The highest BCUT2D eigenvalue weighted by Gasteiger charge is 2.18. The number of rotatable bonds is 6. The number of nitrogens with one attached hydrogen (secondary N) is 1. The van der Waals surface area contributed by atoms with Crippen LogP contribution in [0.25, 0.3) is 0 Å². The van der Waals surface area contributed by atoms with Gasteiger partial charge in [-0.2, -0.15) is 11.8 Å². The number of anilines is 1. The number of benzene rings is 1. The van der Waals surface area contributed by atoms with Gasteiger partial charge in [0, 0.05) is 18.0 Å². The third kappa shape index (κ3) is 4.20. The lowest BCUT2D eigenvalue weighted by Crippen LogP contribution is -2.16. The summed E-state index contributed by atoms with van der Waals surface area (Å²) < 4.78 is 11.3. The fraction of sp³-hybridized carbons (Fsp3) is 0.333. The SMILES string of the molecule is CCOc1ccccc1NC(=O)c1ccc(OC2CCSC2)nc1. The molecule has 1 atom stereocenters. The highest BCUT2D eigenvalue weighted by molar-refractivity contribution is 7.99. The van der Waals surface area contributed by atoms with E-state index >= 15 is 0 Å². The molecule has 1 amide bonds.